The molecule has 0 atom stereocenters. The number of amides is 1. The molecule has 0 saturated carbocycles. The fraction of sp³-hybridized carbons (Fsp3) is 0.467. The van der Waals surface area contributed by atoms with Gasteiger partial charge in [0, 0.05) is 5.71 Å². The highest BCUT2D eigenvalue weighted by molar-refractivity contribution is 5.84. The van der Waals surface area contributed by atoms with Gasteiger partial charge in [-0.15, -0.1) is 0 Å². The van der Waals surface area contributed by atoms with E-state index in [4.69, 9.17) is 4.74 Å². The van der Waals surface area contributed by atoms with Crippen LogP contribution in [0, 0.1) is 12.8 Å². The van der Waals surface area contributed by atoms with Gasteiger partial charge in [0.25, 0.3) is 5.91 Å². The van der Waals surface area contributed by atoms with Crippen LogP contribution in [-0.4, -0.2) is 18.2 Å². The minimum Gasteiger partial charge on any atom is -0.484 e. The summed E-state index contributed by atoms with van der Waals surface area (Å²) in [4.78, 5) is 11.5. The smallest absolute Gasteiger partial charge is 0.277 e. The fourth-order valence-electron chi connectivity index (χ4n) is 1.68. The van der Waals surface area contributed by atoms with Crippen molar-refractivity contribution in [3.05, 3.63) is 29.8 Å². The predicted octanol–water partition coefficient (Wildman–Crippen LogP) is 2.91. The molecule has 4 nitrogen and oxygen atoms in total. The Balaban J connectivity index is 2.36. The Hall–Kier alpha value is -1.84. The zero-order chi connectivity index (χ0) is 14.3. The van der Waals surface area contributed by atoms with Crippen molar-refractivity contribution in [1.29, 1.82) is 0 Å². The molecule has 4 heteroatoms. The van der Waals surface area contributed by atoms with E-state index in [1.54, 1.807) is 0 Å². The molecule has 0 bridgehead atoms. The first-order chi connectivity index (χ1) is 8.97. The third-order valence-corrected chi connectivity index (χ3v) is 2.43. The lowest BCUT2D eigenvalue weighted by Gasteiger charge is -2.07. The van der Waals surface area contributed by atoms with Crippen molar-refractivity contribution in [3.8, 4) is 5.75 Å². The molecule has 1 N–H and O–H groups in total. The predicted molar refractivity (Wildman–Crippen MR) is 77.4 cm³/mol. The van der Waals surface area contributed by atoms with Crippen molar-refractivity contribution in [2.75, 3.05) is 6.61 Å². The Morgan fingerprint density at radius 1 is 1.42 bits per heavy atom. The van der Waals surface area contributed by atoms with E-state index in [2.05, 4.69) is 24.4 Å². The number of hydrogen-bond acceptors (Lipinski definition) is 3. The average molecular weight is 262 g/mol. The molecule has 0 aliphatic heterocycles. The molecule has 0 unspecified atom stereocenters. The van der Waals surface area contributed by atoms with Crippen molar-refractivity contribution in [3.63, 3.8) is 0 Å². The van der Waals surface area contributed by atoms with Gasteiger partial charge in [0.2, 0.25) is 0 Å². The molecule has 19 heavy (non-hydrogen) atoms. The Labute approximate surface area is 114 Å². The van der Waals surface area contributed by atoms with Crippen LogP contribution in [0.25, 0.3) is 0 Å². The van der Waals surface area contributed by atoms with Crippen LogP contribution in [0.1, 0.15) is 32.8 Å². The molecule has 0 aliphatic carbocycles. The van der Waals surface area contributed by atoms with E-state index >= 15 is 0 Å². The van der Waals surface area contributed by atoms with Gasteiger partial charge in [-0.1, -0.05) is 26.0 Å². The van der Waals surface area contributed by atoms with E-state index in [1.807, 2.05) is 38.1 Å². The van der Waals surface area contributed by atoms with Gasteiger partial charge in [-0.3, -0.25) is 4.79 Å². The molecular formula is C15H22N2O2. The van der Waals surface area contributed by atoms with Crippen LogP contribution in [0.15, 0.2) is 29.4 Å². The number of carbonyl (C=O) groups is 1. The normalized spacial score (nSPS) is 11.5. The Morgan fingerprint density at radius 2 is 2.16 bits per heavy atom. The molecule has 0 radical (unpaired) electrons. The van der Waals surface area contributed by atoms with E-state index in [1.165, 1.54) is 0 Å². The number of aryl methyl sites for hydroxylation is 1. The standard InChI is InChI=1S/C15H22N2O2/c1-11(2)8-13(4)16-17-15(18)10-19-14-7-5-6-12(3)9-14/h5-7,9,11H,8,10H2,1-4H3,(H,17,18). The maximum atomic E-state index is 11.5. The van der Waals surface area contributed by atoms with Crippen molar-refractivity contribution >= 4 is 11.6 Å². The van der Waals surface area contributed by atoms with Gasteiger partial charge in [0.15, 0.2) is 6.61 Å². The summed E-state index contributed by atoms with van der Waals surface area (Å²) in [7, 11) is 0. The fourth-order valence-corrected chi connectivity index (χ4v) is 1.68. The lowest BCUT2D eigenvalue weighted by atomic mass is 10.1. The second-order valence-electron chi connectivity index (χ2n) is 5.09. The highest BCUT2D eigenvalue weighted by Gasteiger charge is 2.03. The second kappa shape index (κ2) is 7.56. The maximum Gasteiger partial charge on any atom is 0.277 e. The number of carbonyl (C=O) groups excluding carboxylic acids is 1. The highest BCUT2D eigenvalue weighted by atomic mass is 16.5. The lowest BCUT2D eigenvalue weighted by molar-refractivity contribution is -0.123. The van der Waals surface area contributed by atoms with Gasteiger partial charge in [-0.25, -0.2) is 5.43 Å². The summed E-state index contributed by atoms with van der Waals surface area (Å²) in [5.74, 6) is 0.979. The number of rotatable bonds is 6. The van der Waals surface area contributed by atoms with Crippen LogP contribution >= 0.6 is 0 Å². The number of benzene rings is 1. The molecule has 0 aromatic heterocycles. The molecule has 1 rings (SSSR count). The van der Waals surface area contributed by atoms with Gasteiger partial charge in [-0.2, -0.15) is 5.10 Å². The molecule has 1 aromatic rings. The van der Waals surface area contributed by atoms with Gasteiger partial charge >= 0.3 is 0 Å². The van der Waals surface area contributed by atoms with Gasteiger partial charge < -0.3 is 4.74 Å². The second-order valence-corrected chi connectivity index (χ2v) is 5.09. The van der Waals surface area contributed by atoms with Crippen LogP contribution in [0.4, 0.5) is 0 Å². The van der Waals surface area contributed by atoms with E-state index in [-0.39, 0.29) is 12.5 Å². The maximum absolute atomic E-state index is 11.5. The van der Waals surface area contributed by atoms with Gasteiger partial charge in [0.05, 0.1) is 0 Å². The quantitative estimate of drug-likeness (QED) is 0.633. The minimum atomic E-state index is -0.246. The van der Waals surface area contributed by atoms with Crippen molar-refractivity contribution in [1.82, 2.24) is 5.43 Å². The third kappa shape index (κ3) is 6.60. The number of hydrogen-bond donors (Lipinski definition) is 1. The van der Waals surface area contributed by atoms with Crippen LogP contribution < -0.4 is 10.2 Å². The monoisotopic (exact) mass is 262 g/mol. The molecule has 104 valence electrons. The Kier molecular flexibility index (Phi) is 6.06. The first kappa shape index (κ1) is 15.2. The topological polar surface area (TPSA) is 50.7 Å². The first-order valence-electron chi connectivity index (χ1n) is 6.49. The molecule has 0 spiro atoms. The summed E-state index contributed by atoms with van der Waals surface area (Å²) in [6.07, 6.45) is 0.874. The molecule has 0 heterocycles. The molecule has 1 aromatic carbocycles. The van der Waals surface area contributed by atoms with E-state index < -0.39 is 0 Å². The van der Waals surface area contributed by atoms with Gasteiger partial charge in [-0.05, 0) is 43.9 Å². The number of hydrazone groups is 1. The Bertz CT molecular complexity index is 453. The van der Waals surface area contributed by atoms with Crippen LogP contribution in [0.5, 0.6) is 5.75 Å². The van der Waals surface area contributed by atoms with E-state index in [0.29, 0.717) is 11.7 Å². The van der Waals surface area contributed by atoms with Crippen LogP contribution in [-0.2, 0) is 4.79 Å². The SMILES string of the molecule is CC(CC(C)C)=NNC(=O)COc1cccc(C)c1. The molecule has 0 aliphatic rings. The van der Waals surface area contributed by atoms with Crippen molar-refractivity contribution < 1.29 is 9.53 Å². The Morgan fingerprint density at radius 3 is 2.79 bits per heavy atom. The minimum absolute atomic E-state index is 0.0259. The molecule has 0 saturated heterocycles. The summed E-state index contributed by atoms with van der Waals surface area (Å²) in [6, 6.07) is 7.59. The first-order valence-corrected chi connectivity index (χ1v) is 6.49. The molecule has 1 amide bonds. The van der Waals surface area contributed by atoms with Crippen molar-refractivity contribution in [2.45, 2.75) is 34.1 Å². The summed E-state index contributed by atoms with van der Waals surface area (Å²) in [5.41, 5.74) is 4.51. The van der Waals surface area contributed by atoms with E-state index in [0.717, 1.165) is 17.7 Å². The largest absolute Gasteiger partial charge is 0.484 e. The van der Waals surface area contributed by atoms with E-state index in [9.17, 15) is 4.79 Å². The molecule has 0 fully saturated rings. The summed E-state index contributed by atoms with van der Waals surface area (Å²) < 4.78 is 5.38. The number of ether oxygens (including phenoxy) is 1. The van der Waals surface area contributed by atoms with Gasteiger partial charge in [0.1, 0.15) is 5.75 Å². The average Bonchev–Trinajstić information content (AvgIpc) is 2.33. The number of nitrogens with zero attached hydrogens (tertiary/aromatic N) is 1. The molecular weight excluding hydrogens is 240 g/mol. The number of nitrogens with one attached hydrogen (secondary N) is 1. The highest BCUT2D eigenvalue weighted by Crippen LogP contribution is 2.11. The van der Waals surface area contributed by atoms with Crippen LogP contribution in [0.3, 0.4) is 0 Å². The summed E-state index contributed by atoms with van der Waals surface area (Å²) >= 11 is 0. The lowest BCUT2D eigenvalue weighted by Crippen LogP contribution is -2.25. The zero-order valence-electron chi connectivity index (χ0n) is 12.1. The zero-order valence-corrected chi connectivity index (χ0v) is 12.1. The summed E-state index contributed by atoms with van der Waals surface area (Å²) in [5, 5.41) is 4.03. The van der Waals surface area contributed by atoms with Crippen molar-refractivity contribution in [2.24, 2.45) is 11.0 Å². The third-order valence-electron chi connectivity index (χ3n) is 2.43. The van der Waals surface area contributed by atoms with Crippen LogP contribution in [0.2, 0.25) is 0 Å². The summed E-state index contributed by atoms with van der Waals surface area (Å²) in [6.45, 7) is 8.08.